The Balaban J connectivity index is 1.57. The van der Waals surface area contributed by atoms with Crippen LogP contribution in [0.3, 0.4) is 0 Å². The largest absolute Gasteiger partial charge is 0.478 e. The molecule has 2 aromatic carbocycles. The number of hydrogen-bond acceptors (Lipinski definition) is 6. The first-order valence-electron chi connectivity index (χ1n) is 10.0. The van der Waals surface area contributed by atoms with E-state index in [1.807, 2.05) is 19.1 Å². The molecule has 1 aliphatic heterocycles. The van der Waals surface area contributed by atoms with Crippen molar-refractivity contribution in [2.75, 3.05) is 41.3 Å². The van der Waals surface area contributed by atoms with Gasteiger partial charge in [-0.25, -0.2) is 14.8 Å². The molecule has 0 radical (unpaired) electrons. The van der Waals surface area contributed by atoms with Crippen molar-refractivity contribution in [3.05, 3.63) is 77.6 Å². The first-order chi connectivity index (χ1) is 15.0. The normalized spacial score (nSPS) is 13.7. The lowest BCUT2D eigenvalue weighted by molar-refractivity contribution is 0.0696. The van der Waals surface area contributed by atoms with E-state index in [1.54, 1.807) is 42.7 Å². The molecule has 8 heteroatoms. The van der Waals surface area contributed by atoms with E-state index in [4.69, 9.17) is 0 Å². The number of aryl methyl sites for hydroxylation is 1. The SMILES string of the molecule is Cc1ccccc1C(=O)Nc1cc(C(=O)O)ccc1N1CCN(c2ncccn2)CC1. The van der Waals surface area contributed by atoms with Crippen molar-refractivity contribution in [3.8, 4) is 0 Å². The number of hydrogen-bond donors (Lipinski definition) is 2. The maximum absolute atomic E-state index is 12.9. The number of aromatic nitrogens is 2. The molecule has 1 saturated heterocycles. The molecule has 0 bridgehead atoms. The lowest BCUT2D eigenvalue weighted by Gasteiger charge is -2.37. The first-order valence-corrected chi connectivity index (χ1v) is 10.0. The third-order valence-corrected chi connectivity index (χ3v) is 5.34. The molecule has 0 unspecified atom stereocenters. The van der Waals surface area contributed by atoms with Crippen LogP contribution < -0.4 is 15.1 Å². The molecule has 4 rings (SSSR count). The number of carboxylic acid groups (broad SMARTS) is 1. The highest BCUT2D eigenvalue weighted by Crippen LogP contribution is 2.29. The molecule has 0 atom stereocenters. The Hall–Kier alpha value is -3.94. The Labute approximate surface area is 180 Å². The smallest absolute Gasteiger partial charge is 0.335 e. The lowest BCUT2D eigenvalue weighted by Crippen LogP contribution is -2.47. The zero-order valence-corrected chi connectivity index (χ0v) is 17.2. The van der Waals surface area contributed by atoms with Crippen LogP contribution >= 0.6 is 0 Å². The topological polar surface area (TPSA) is 98.7 Å². The molecule has 2 N–H and O–H groups in total. The highest BCUT2D eigenvalue weighted by atomic mass is 16.4. The van der Waals surface area contributed by atoms with Crippen molar-refractivity contribution < 1.29 is 14.7 Å². The maximum atomic E-state index is 12.9. The molecule has 31 heavy (non-hydrogen) atoms. The summed E-state index contributed by atoms with van der Waals surface area (Å²) in [5.41, 5.74) is 2.81. The number of benzene rings is 2. The minimum atomic E-state index is -1.04. The quantitative estimate of drug-likeness (QED) is 0.658. The first kappa shape index (κ1) is 20.3. The molecule has 0 saturated carbocycles. The van der Waals surface area contributed by atoms with E-state index in [9.17, 15) is 14.7 Å². The van der Waals surface area contributed by atoms with Gasteiger partial charge in [0, 0.05) is 44.1 Å². The number of nitrogens with zero attached hydrogens (tertiary/aromatic N) is 4. The van der Waals surface area contributed by atoms with Gasteiger partial charge in [-0.15, -0.1) is 0 Å². The van der Waals surface area contributed by atoms with Gasteiger partial charge in [-0.05, 0) is 42.8 Å². The van der Waals surface area contributed by atoms with Crippen molar-refractivity contribution in [2.45, 2.75) is 6.92 Å². The van der Waals surface area contributed by atoms with Gasteiger partial charge in [-0.1, -0.05) is 18.2 Å². The van der Waals surface area contributed by atoms with E-state index in [2.05, 4.69) is 25.1 Å². The lowest BCUT2D eigenvalue weighted by atomic mass is 10.1. The number of amides is 1. The van der Waals surface area contributed by atoms with Gasteiger partial charge in [0.15, 0.2) is 0 Å². The van der Waals surface area contributed by atoms with Crippen LogP contribution in [0.15, 0.2) is 60.9 Å². The van der Waals surface area contributed by atoms with Gasteiger partial charge in [0.25, 0.3) is 5.91 Å². The van der Waals surface area contributed by atoms with Gasteiger partial charge < -0.3 is 20.2 Å². The Morgan fingerprint density at radius 3 is 2.29 bits per heavy atom. The molecule has 1 fully saturated rings. The van der Waals surface area contributed by atoms with Gasteiger partial charge in [0.1, 0.15) is 0 Å². The van der Waals surface area contributed by atoms with Crippen LogP contribution in [0.2, 0.25) is 0 Å². The Kier molecular flexibility index (Phi) is 5.79. The second kappa shape index (κ2) is 8.83. The third-order valence-electron chi connectivity index (χ3n) is 5.34. The number of carbonyl (C=O) groups excluding carboxylic acids is 1. The van der Waals surface area contributed by atoms with E-state index < -0.39 is 5.97 Å². The average Bonchev–Trinajstić information content (AvgIpc) is 2.80. The van der Waals surface area contributed by atoms with E-state index >= 15 is 0 Å². The third kappa shape index (κ3) is 4.48. The number of carbonyl (C=O) groups is 2. The predicted molar refractivity (Wildman–Crippen MR) is 119 cm³/mol. The Bertz CT molecular complexity index is 1100. The number of carboxylic acids is 1. The highest BCUT2D eigenvalue weighted by Gasteiger charge is 2.22. The zero-order chi connectivity index (χ0) is 21.8. The number of rotatable bonds is 5. The molecule has 0 spiro atoms. The molecular formula is C23H23N5O3. The molecule has 3 aromatic rings. The average molecular weight is 417 g/mol. The molecule has 2 heterocycles. The fraction of sp³-hybridized carbons (Fsp3) is 0.217. The van der Waals surface area contributed by atoms with E-state index in [-0.39, 0.29) is 11.5 Å². The summed E-state index contributed by atoms with van der Waals surface area (Å²) >= 11 is 0. The summed E-state index contributed by atoms with van der Waals surface area (Å²) in [5, 5.41) is 12.3. The summed E-state index contributed by atoms with van der Waals surface area (Å²) in [4.78, 5) is 37.2. The fourth-order valence-corrected chi connectivity index (χ4v) is 3.66. The molecule has 1 aromatic heterocycles. The summed E-state index contributed by atoms with van der Waals surface area (Å²) < 4.78 is 0. The Morgan fingerprint density at radius 1 is 0.935 bits per heavy atom. The molecular weight excluding hydrogens is 394 g/mol. The summed E-state index contributed by atoms with van der Waals surface area (Å²) in [7, 11) is 0. The maximum Gasteiger partial charge on any atom is 0.335 e. The van der Waals surface area contributed by atoms with E-state index in [0.717, 1.165) is 24.3 Å². The van der Waals surface area contributed by atoms with Crippen LogP contribution in [0.1, 0.15) is 26.3 Å². The second-order valence-electron chi connectivity index (χ2n) is 7.33. The molecule has 1 aliphatic rings. The molecule has 1 amide bonds. The van der Waals surface area contributed by atoms with Gasteiger partial charge in [0.05, 0.1) is 16.9 Å². The van der Waals surface area contributed by atoms with Gasteiger partial charge in [-0.2, -0.15) is 0 Å². The number of nitrogens with one attached hydrogen (secondary N) is 1. The zero-order valence-electron chi connectivity index (χ0n) is 17.2. The van der Waals surface area contributed by atoms with Crippen molar-refractivity contribution in [2.24, 2.45) is 0 Å². The van der Waals surface area contributed by atoms with Gasteiger partial charge in [0.2, 0.25) is 5.95 Å². The standard InChI is InChI=1S/C23H23N5O3/c1-16-5-2-3-6-18(16)21(29)26-19-15-17(22(30)31)7-8-20(19)27-11-13-28(14-12-27)23-24-9-4-10-25-23/h2-10,15H,11-14H2,1H3,(H,26,29)(H,30,31). The van der Waals surface area contributed by atoms with Gasteiger partial charge >= 0.3 is 5.97 Å². The van der Waals surface area contributed by atoms with Gasteiger partial charge in [-0.3, -0.25) is 4.79 Å². The summed E-state index contributed by atoms with van der Waals surface area (Å²) in [6, 6.07) is 13.9. The van der Waals surface area contributed by atoms with Crippen LogP contribution in [-0.2, 0) is 0 Å². The van der Waals surface area contributed by atoms with Crippen molar-refractivity contribution in [1.82, 2.24) is 9.97 Å². The molecule has 158 valence electrons. The van der Waals surface area contributed by atoms with Crippen molar-refractivity contribution >= 4 is 29.2 Å². The van der Waals surface area contributed by atoms with E-state index in [0.29, 0.717) is 30.3 Å². The van der Waals surface area contributed by atoms with Crippen LogP contribution in [-0.4, -0.2) is 53.1 Å². The molecule has 0 aliphatic carbocycles. The minimum Gasteiger partial charge on any atom is -0.478 e. The second-order valence-corrected chi connectivity index (χ2v) is 7.33. The summed E-state index contributed by atoms with van der Waals surface area (Å²) in [6.45, 7) is 4.69. The fourth-order valence-electron chi connectivity index (χ4n) is 3.66. The summed E-state index contributed by atoms with van der Waals surface area (Å²) in [6.07, 6.45) is 3.44. The molecule has 8 nitrogen and oxygen atoms in total. The van der Waals surface area contributed by atoms with Crippen LogP contribution in [0.4, 0.5) is 17.3 Å². The van der Waals surface area contributed by atoms with Crippen molar-refractivity contribution in [1.29, 1.82) is 0 Å². The van der Waals surface area contributed by atoms with Crippen molar-refractivity contribution in [3.63, 3.8) is 0 Å². The number of aromatic carboxylic acids is 1. The van der Waals surface area contributed by atoms with E-state index in [1.165, 1.54) is 6.07 Å². The van der Waals surface area contributed by atoms with Crippen LogP contribution in [0.5, 0.6) is 0 Å². The number of piperazine rings is 1. The summed E-state index contributed by atoms with van der Waals surface area (Å²) in [5.74, 6) is -0.612. The number of anilines is 3. The monoisotopic (exact) mass is 417 g/mol. The van der Waals surface area contributed by atoms with Crippen LogP contribution in [0, 0.1) is 6.92 Å². The Morgan fingerprint density at radius 2 is 1.61 bits per heavy atom. The highest BCUT2D eigenvalue weighted by molar-refractivity contribution is 6.07. The van der Waals surface area contributed by atoms with Crippen LogP contribution in [0.25, 0.3) is 0 Å². The predicted octanol–water partition coefficient (Wildman–Crippen LogP) is 3.06. The minimum absolute atomic E-state index is 0.125.